The van der Waals surface area contributed by atoms with Crippen LogP contribution in [-0.4, -0.2) is 136 Å². The molecule has 9 radical (unpaired) electrons. The third-order valence-corrected chi connectivity index (χ3v) is 0. The van der Waals surface area contributed by atoms with E-state index in [1.807, 2.05) is 0 Å². The molecular weight excluding hydrogens is 574 g/mol. The van der Waals surface area contributed by atoms with Crippen LogP contribution in [0.15, 0.2) is 0 Å². The van der Waals surface area contributed by atoms with Crippen LogP contribution in [0.4, 0.5) is 0 Å². The Kier molecular flexibility index (Phi) is 317. The largest absolute Gasteiger partial charge is 0 e. The Labute approximate surface area is 241 Å². The van der Waals surface area contributed by atoms with Gasteiger partial charge >= 0.3 is 0 Å². The van der Waals surface area contributed by atoms with Crippen molar-refractivity contribution in [3.05, 3.63) is 0 Å². The molecule has 0 saturated carbocycles. The van der Waals surface area contributed by atoms with Crippen molar-refractivity contribution in [2.75, 3.05) is 0 Å². The van der Waals surface area contributed by atoms with E-state index in [2.05, 4.69) is 0 Å². The summed E-state index contributed by atoms with van der Waals surface area (Å²) in [5.41, 5.74) is 0. The molecule has 0 atom stereocenters. The molecule has 0 spiro atoms. The van der Waals surface area contributed by atoms with Crippen LogP contribution in [-0.2, 0) is 36.5 Å². The van der Waals surface area contributed by atoms with Crippen molar-refractivity contribution in [3.8, 4) is 0 Å². The fraction of sp³-hybridized carbons (Fsp3) is 0. The van der Waals surface area contributed by atoms with E-state index < -0.39 is 0 Å². The van der Waals surface area contributed by atoms with Crippen molar-refractivity contribution in [1.29, 1.82) is 0 Å². The predicted molar refractivity (Wildman–Crippen MR) is 23.0 cm³/mol. The second-order valence-electron chi connectivity index (χ2n) is 0. The first-order valence-electron chi connectivity index (χ1n) is 0. The minimum atomic E-state index is 0. The van der Waals surface area contributed by atoms with Gasteiger partial charge in [0.05, 0.1) is 0 Å². The molecule has 8 heteroatoms. The molecule has 0 unspecified atom stereocenters. The average Bonchev–Trinajstić information content (AvgIpc) is 0. The van der Waals surface area contributed by atoms with Gasteiger partial charge in [0.25, 0.3) is 0 Å². The molecule has 8 heavy (non-hydrogen) atoms. The SMILES string of the molecule is [Ca].[Ce].[La].[Mg].[Mn].[Na].[Sr].[Zn]. The van der Waals surface area contributed by atoms with Gasteiger partial charge in [-0.2, -0.15) is 0 Å². The molecule has 0 heterocycles. The molecule has 0 aliphatic rings. The minimum absolute atomic E-state index is 0. The smallest absolute Gasteiger partial charge is 0 e. The molecular formula is CaCeLaMgMnNaSrZn. The summed E-state index contributed by atoms with van der Waals surface area (Å²) in [6, 6.07) is 0. The molecule has 0 N–H and O–H groups in total. The van der Waals surface area contributed by atoms with Crippen molar-refractivity contribution in [3.63, 3.8) is 0 Å². The zero-order chi connectivity index (χ0) is 0. The van der Waals surface area contributed by atoms with Crippen molar-refractivity contribution in [1.82, 2.24) is 0 Å². The van der Waals surface area contributed by atoms with E-state index in [0.29, 0.717) is 0 Å². The van der Waals surface area contributed by atoms with Crippen molar-refractivity contribution < 1.29 is 114 Å². The Balaban J connectivity index is 0. The van der Waals surface area contributed by atoms with Crippen LogP contribution in [0.3, 0.4) is 0 Å². The quantitative estimate of drug-likeness (QED) is 0.309. The van der Waals surface area contributed by atoms with Crippen molar-refractivity contribution in [2.24, 2.45) is 0 Å². The summed E-state index contributed by atoms with van der Waals surface area (Å²) in [6.07, 6.45) is 0. The Morgan fingerprint density at radius 1 is 1.00 bits per heavy atom. The normalized spacial score (nSPS) is 0. The first-order chi connectivity index (χ1) is 0. The van der Waals surface area contributed by atoms with E-state index in [1.165, 1.54) is 0 Å². The topological polar surface area (TPSA) is 0 Å². The monoisotopic (exact) mass is 573 g/mol. The summed E-state index contributed by atoms with van der Waals surface area (Å²) in [7, 11) is 0. The van der Waals surface area contributed by atoms with Gasteiger partial charge in [-0.1, -0.05) is 0 Å². The first kappa shape index (κ1) is 55.6. The zero-order valence-electron chi connectivity index (χ0n) is 5.28. The van der Waals surface area contributed by atoms with Gasteiger partial charge in [-0.3, -0.25) is 0 Å². The standard InChI is InChI=1S/Ca.Ce.La.Mg.Mn.Na.Sr.Zn. The maximum atomic E-state index is 0. The molecule has 0 aromatic carbocycles. The predicted octanol–water partition coefficient (Wildman–Crippen LogP) is -1.53. The molecule has 0 amide bonds. The van der Waals surface area contributed by atoms with Crippen LogP contribution < -0.4 is 0 Å². The zero-order valence-corrected chi connectivity index (χ0v) is 25.3. The van der Waals surface area contributed by atoms with Crippen LogP contribution in [0.1, 0.15) is 0 Å². The summed E-state index contributed by atoms with van der Waals surface area (Å²) in [5.74, 6) is 0. The Morgan fingerprint density at radius 2 is 1.00 bits per heavy atom. The molecule has 0 aromatic rings. The van der Waals surface area contributed by atoms with Gasteiger partial charge in [-0.05, 0) is 0 Å². The Morgan fingerprint density at radius 3 is 1.00 bits per heavy atom. The average molecular weight is 574 g/mol. The molecule has 0 aliphatic carbocycles. The third-order valence-electron chi connectivity index (χ3n) is 0. The number of rotatable bonds is 0. The second kappa shape index (κ2) is 45.5. The van der Waals surface area contributed by atoms with Crippen LogP contribution in [0.2, 0.25) is 0 Å². The van der Waals surface area contributed by atoms with E-state index in [1.54, 1.807) is 0 Å². The van der Waals surface area contributed by atoms with Crippen molar-refractivity contribution >= 4 is 136 Å². The van der Waals surface area contributed by atoms with E-state index in [9.17, 15) is 0 Å². The van der Waals surface area contributed by atoms with E-state index in [4.69, 9.17) is 0 Å². The van der Waals surface area contributed by atoms with Crippen molar-refractivity contribution in [2.45, 2.75) is 0 Å². The summed E-state index contributed by atoms with van der Waals surface area (Å²) in [5, 5.41) is 0. The molecule has 0 saturated heterocycles. The third kappa shape index (κ3) is 36.8. The van der Waals surface area contributed by atoms with Crippen LogP contribution in [0, 0.1) is 77.3 Å². The fourth-order valence-corrected chi connectivity index (χ4v) is 0. The first-order valence-corrected chi connectivity index (χ1v) is 0. The van der Waals surface area contributed by atoms with Crippen LogP contribution in [0.25, 0.3) is 0 Å². The molecule has 0 aliphatic heterocycles. The summed E-state index contributed by atoms with van der Waals surface area (Å²) < 4.78 is 0. The van der Waals surface area contributed by atoms with Crippen LogP contribution >= 0.6 is 0 Å². The molecule has 0 aromatic heterocycles. The fourth-order valence-electron chi connectivity index (χ4n) is 0. The molecule has 0 rings (SSSR count). The van der Waals surface area contributed by atoms with E-state index >= 15 is 0 Å². The van der Waals surface area contributed by atoms with E-state index in [0.717, 1.165) is 0 Å². The molecule has 0 nitrogen and oxygen atoms in total. The van der Waals surface area contributed by atoms with Gasteiger partial charge in [0, 0.05) is 250 Å². The molecule has 23 valence electrons. The summed E-state index contributed by atoms with van der Waals surface area (Å²) >= 11 is 0. The van der Waals surface area contributed by atoms with Gasteiger partial charge in [-0.15, -0.1) is 0 Å². The van der Waals surface area contributed by atoms with Gasteiger partial charge in [0.2, 0.25) is 0 Å². The maximum Gasteiger partial charge on any atom is 0 e. The minimum Gasteiger partial charge on any atom is 0 e. The maximum absolute atomic E-state index is 0. The van der Waals surface area contributed by atoms with Gasteiger partial charge in [0.1, 0.15) is 0 Å². The molecule has 0 fully saturated rings. The second-order valence-corrected chi connectivity index (χ2v) is 0. The van der Waals surface area contributed by atoms with E-state index in [-0.39, 0.29) is 250 Å². The number of hydrogen-bond acceptors (Lipinski definition) is 0. The number of hydrogen-bond donors (Lipinski definition) is 0. The van der Waals surface area contributed by atoms with Gasteiger partial charge in [-0.25, -0.2) is 0 Å². The summed E-state index contributed by atoms with van der Waals surface area (Å²) in [4.78, 5) is 0. The van der Waals surface area contributed by atoms with Gasteiger partial charge < -0.3 is 0 Å². The van der Waals surface area contributed by atoms with Gasteiger partial charge in [0.15, 0.2) is 0 Å². The summed E-state index contributed by atoms with van der Waals surface area (Å²) in [6.45, 7) is 0. The molecule has 0 bridgehead atoms. The Hall–Kier alpha value is 8.22. The Bertz CT molecular complexity index is 24.0. The van der Waals surface area contributed by atoms with Crippen LogP contribution in [0.5, 0.6) is 0 Å².